The van der Waals surface area contributed by atoms with Gasteiger partial charge in [0.05, 0.1) is 5.39 Å². The molecule has 0 aliphatic rings. The number of aromatic nitrogens is 2. The third kappa shape index (κ3) is 3.96. The Morgan fingerprint density at radius 2 is 1.62 bits per heavy atom. The molecule has 0 spiro atoms. The summed E-state index contributed by atoms with van der Waals surface area (Å²) in [5.74, 6) is 0.849. The summed E-state index contributed by atoms with van der Waals surface area (Å²) < 4.78 is 0. The molecule has 148 valence electrons. The Morgan fingerprint density at radius 1 is 0.897 bits per heavy atom. The van der Waals surface area contributed by atoms with Gasteiger partial charge in [-0.2, -0.15) is 0 Å². The number of benzene rings is 2. The number of nitrogens with zero attached hydrogens (tertiary/aromatic N) is 3. The average Bonchev–Trinajstić information content (AvgIpc) is 3.21. The molecule has 4 aromatic rings. The minimum atomic E-state index is 0.849. The Morgan fingerprint density at radius 3 is 2.28 bits per heavy atom. The van der Waals surface area contributed by atoms with E-state index < -0.39 is 0 Å². The fraction of sp³-hybridized carbons (Fsp3) is 0.250. The largest absolute Gasteiger partial charge is 0.372 e. The Labute approximate surface area is 176 Å². The first-order chi connectivity index (χ1) is 14.2. The summed E-state index contributed by atoms with van der Waals surface area (Å²) in [5, 5.41) is 6.76. The molecule has 5 heteroatoms. The van der Waals surface area contributed by atoms with E-state index in [1.54, 1.807) is 17.7 Å². The van der Waals surface area contributed by atoms with E-state index >= 15 is 0 Å². The van der Waals surface area contributed by atoms with Crippen molar-refractivity contribution in [2.45, 2.75) is 27.2 Å². The van der Waals surface area contributed by atoms with Crippen molar-refractivity contribution in [3.05, 3.63) is 65.8 Å². The number of hydrogen-bond acceptors (Lipinski definition) is 5. The molecule has 2 aromatic carbocycles. The summed E-state index contributed by atoms with van der Waals surface area (Å²) in [6.45, 7) is 8.54. The Bertz CT molecular complexity index is 1080. The highest BCUT2D eigenvalue weighted by Crippen LogP contribution is 2.37. The molecule has 0 aliphatic heterocycles. The van der Waals surface area contributed by atoms with E-state index in [2.05, 4.69) is 94.9 Å². The number of nitrogens with one attached hydrogen (secondary N) is 1. The van der Waals surface area contributed by atoms with Crippen LogP contribution in [0.3, 0.4) is 0 Å². The monoisotopic (exact) mass is 402 g/mol. The molecule has 0 amide bonds. The third-order valence-electron chi connectivity index (χ3n) is 5.30. The molecule has 0 saturated carbocycles. The van der Waals surface area contributed by atoms with Crippen LogP contribution in [0.4, 0.5) is 17.2 Å². The topological polar surface area (TPSA) is 41.1 Å². The van der Waals surface area contributed by atoms with Crippen molar-refractivity contribution >= 4 is 38.7 Å². The van der Waals surface area contributed by atoms with E-state index in [1.165, 1.54) is 22.4 Å². The SMILES string of the molecule is CCc1ccc(-c2csc3ncnc(Nc4ccc(N(CC)CC)cc4)c23)cc1. The molecule has 1 N–H and O–H groups in total. The summed E-state index contributed by atoms with van der Waals surface area (Å²) in [7, 11) is 0. The normalized spacial score (nSPS) is 11.0. The smallest absolute Gasteiger partial charge is 0.143 e. The van der Waals surface area contributed by atoms with Crippen molar-refractivity contribution in [3.63, 3.8) is 0 Å². The van der Waals surface area contributed by atoms with Gasteiger partial charge in [-0.3, -0.25) is 0 Å². The molecule has 2 aromatic heterocycles. The van der Waals surface area contributed by atoms with Crippen LogP contribution < -0.4 is 10.2 Å². The van der Waals surface area contributed by atoms with Crippen LogP contribution in [0.1, 0.15) is 26.3 Å². The van der Waals surface area contributed by atoms with Gasteiger partial charge in [-0.25, -0.2) is 9.97 Å². The van der Waals surface area contributed by atoms with Crippen LogP contribution in [0.2, 0.25) is 0 Å². The van der Waals surface area contributed by atoms with Crippen LogP contribution in [0.25, 0.3) is 21.3 Å². The number of anilines is 3. The molecular weight excluding hydrogens is 376 g/mol. The first-order valence-corrected chi connectivity index (χ1v) is 11.0. The number of hydrogen-bond donors (Lipinski definition) is 1. The molecule has 0 fully saturated rings. The average molecular weight is 403 g/mol. The third-order valence-corrected chi connectivity index (χ3v) is 6.19. The molecule has 4 rings (SSSR count). The lowest BCUT2D eigenvalue weighted by Crippen LogP contribution is -2.21. The second-order valence-electron chi connectivity index (χ2n) is 6.95. The molecule has 0 radical (unpaired) electrons. The van der Waals surface area contributed by atoms with E-state index in [0.29, 0.717) is 0 Å². The van der Waals surface area contributed by atoms with Gasteiger partial charge in [0.25, 0.3) is 0 Å². The fourth-order valence-electron chi connectivity index (χ4n) is 3.58. The van der Waals surface area contributed by atoms with Crippen LogP contribution in [-0.2, 0) is 6.42 Å². The zero-order valence-electron chi connectivity index (χ0n) is 17.1. The minimum absolute atomic E-state index is 0.849. The second-order valence-corrected chi connectivity index (χ2v) is 7.80. The van der Waals surface area contributed by atoms with Crippen molar-refractivity contribution < 1.29 is 0 Å². The van der Waals surface area contributed by atoms with Crippen LogP contribution in [0.5, 0.6) is 0 Å². The molecule has 4 nitrogen and oxygen atoms in total. The lowest BCUT2D eigenvalue weighted by Gasteiger charge is -2.21. The van der Waals surface area contributed by atoms with E-state index in [4.69, 9.17) is 0 Å². The van der Waals surface area contributed by atoms with Gasteiger partial charge >= 0.3 is 0 Å². The van der Waals surface area contributed by atoms with Crippen LogP contribution in [-0.4, -0.2) is 23.1 Å². The predicted octanol–water partition coefficient (Wildman–Crippen LogP) is 6.51. The van der Waals surface area contributed by atoms with Gasteiger partial charge in [0.1, 0.15) is 17.0 Å². The van der Waals surface area contributed by atoms with Crippen molar-refractivity contribution in [3.8, 4) is 11.1 Å². The molecule has 0 unspecified atom stereocenters. The standard InChI is InChI=1S/C24H26N4S/c1-4-17-7-9-18(10-8-17)21-15-29-24-22(21)23(25-16-26-24)27-19-11-13-20(14-12-19)28(5-2)6-3/h7-16H,4-6H2,1-3H3,(H,25,26,27). The van der Waals surface area contributed by atoms with E-state index in [9.17, 15) is 0 Å². The Balaban J connectivity index is 1.68. The van der Waals surface area contributed by atoms with Crippen LogP contribution in [0, 0.1) is 0 Å². The van der Waals surface area contributed by atoms with Crippen molar-refractivity contribution in [1.29, 1.82) is 0 Å². The fourth-order valence-corrected chi connectivity index (χ4v) is 4.50. The Hall–Kier alpha value is -2.92. The van der Waals surface area contributed by atoms with Gasteiger partial charge in [-0.1, -0.05) is 31.2 Å². The summed E-state index contributed by atoms with van der Waals surface area (Å²) >= 11 is 1.66. The number of fused-ring (bicyclic) bond motifs is 1. The molecule has 0 bridgehead atoms. The van der Waals surface area contributed by atoms with Gasteiger partial charge in [0.2, 0.25) is 0 Å². The van der Waals surface area contributed by atoms with E-state index in [1.807, 2.05) is 0 Å². The van der Waals surface area contributed by atoms with Gasteiger partial charge in [0.15, 0.2) is 0 Å². The molecule has 0 aliphatic carbocycles. The predicted molar refractivity (Wildman–Crippen MR) is 126 cm³/mol. The maximum atomic E-state index is 4.56. The first-order valence-electron chi connectivity index (χ1n) is 10.2. The molecule has 0 atom stereocenters. The van der Waals surface area contributed by atoms with Gasteiger partial charge in [-0.15, -0.1) is 11.3 Å². The maximum absolute atomic E-state index is 4.56. The van der Waals surface area contributed by atoms with Gasteiger partial charge in [-0.05, 0) is 55.7 Å². The van der Waals surface area contributed by atoms with E-state index in [-0.39, 0.29) is 0 Å². The Kier molecular flexibility index (Phi) is 5.76. The number of aryl methyl sites for hydroxylation is 1. The molecular formula is C24H26N4S. The maximum Gasteiger partial charge on any atom is 0.143 e. The summed E-state index contributed by atoms with van der Waals surface area (Å²) in [5.41, 5.74) is 5.98. The van der Waals surface area contributed by atoms with Gasteiger partial charge in [0, 0.05) is 35.4 Å². The highest BCUT2D eigenvalue weighted by Gasteiger charge is 2.13. The summed E-state index contributed by atoms with van der Waals surface area (Å²) in [4.78, 5) is 12.4. The van der Waals surface area contributed by atoms with Crippen LogP contribution >= 0.6 is 11.3 Å². The lowest BCUT2D eigenvalue weighted by atomic mass is 10.0. The molecule has 0 saturated heterocycles. The quantitative estimate of drug-likeness (QED) is 0.382. The van der Waals surface area contributed by atoms with Crippen molar-refractivity contribution in [1.82, 2.24) is 9.97 Å². The van der Waals surface area contributed by atoms with Crippen molar-refractivity contribution in [2.24, 2.45) is 0 Å². The van der Waals surface area contributed by atoms with Gasteiger partial charge < -0.3 is 10.2 Å². The summed E-state index contributed by atoms with van der Waals surface area (Å²) in [6.07, 6.45) is 2.68. The zero-order chi connectivity index (χ0) is 20.2. The number of thiophene rings is 1. The summed E-state index contributed by atoms with van der Waals surface area (Å²) in [6, 6.07) is 17.3. The van der Waals surface area contributed by atoms with E-state index in [0.717, 1.165) is 41.2 Å². The van der Waals surface area contributed by atoms with Crippen LogP contribution in [0.15, 0.2) is 60.2 Å². The molecule has 2 heterocycles. The zero-order valence-corrected chi connectivity index (χ0v) is 18.0. The lowest BCUT2D eigenvalue weighted by molar-refractivity contribution is 0.866. The molecule has 29 heavy (non-hydrogen) atoms. The first kappa shape index (κ1) is 19.4. The highest BCUT2D eigenvalue weighted by atomic mass is 32.1. The minimum Gasteiger partial charge on any atom is -0.372 e. The number of rotatable bonds is 7. The van der Waals surface area contributed by atoms with Crippen molar-refractivity contribution in [2.75, 3.05) is 23.3 Å². The highest BCUT2D eigenvalue weighted by molar-refractivity contribution is 7.17. The second kappa shape index (κ2) is 8.62.